The fourth-order valence-electron chi connectivity index (χ4n) is 1.71. The summed E-state index contributed by atoms with van der Waals surface area (Å²) in [5.41, 5.74) is 0.296. The molecule has 1 heterocycles. The summed E-state index contributed by atoms with van der Waals surface area (Å²) in [7, 11) is -0.640. The van der Waals surface area contributed by atoms with Crippen molar-refractivity contribution in [2.24, 2.45) is 10.2 Å². The van der Waals surface area contributed by atoms with Gasteiger partial charge in [-0.1, -0.05) is 29.3 Å². The van der Waals surface area contributed by atoms with Crippen molar-refractivity contribution in [1.29, 1.82) is 0 Å². The summed E-state index contributed by atoms with van der Waals surface area (Å²) in [6.07, 6.45) is 2.30. The number of benzene rings is 1. The van der Waals surface area contributed by atoms with E-state index < -0.39 is 19.0 Å². The normalized spacial score (nSPS) is 17.4. The summed E-state index contributed by atoms with van der Waals surface area (Å²) in [5, 5.41) is 28.8. The molecule has 0 saturated carbocycles. The number of methoxy groups -OCH3 is 1. The van der Waals surface area contributed by atoms with Gasteiger partial charge < -0.3 is 14.8 Å². The van der Waals surface area contributed by atoms with E-state index in [2.05, 4.69) is 20.3 Å². The molecule has 25 heavy (non-hydrogen) atoms. The molecule has 1 amide bonds. The molecule has 2 rings (SSSR count). The standard InChI is InChI=1S/C13H10BCl2N3O5S/c1-24-9(20)4-8-12(21)18-13(25-8)19-17-5-6-2-3-7(15)10(11(6)16)14(22)23/h2-5,22-23H,1H3,(H,18,19,21)/b8-4+,17-5?. The number of esters is 1. The summed E-state index contributed by atoms with van der Waals surface area (Å²) < 4.78 is 4.44. The number of nitrogens with one attached hydrogen (secondary N) is 1. The number of ether oxygens (including phenoxy) is 1. The molecule has 0 bridgehead atoms. The number of carbonyl (C=O) groups is 2. The second-order valence-electron chi connectivity index (χ2n) is 4.48. The Morgan fingerprint density at radius 2 is 2.12 bits per heavy atom. The van der Waals surface area contributed by atoms with Gasteiger partial charge in [0.05, 0.1) is 23.3 Å². The van der Waals surface area contributed by atoms with Crippen molar-refractivity contribution in [2.45, 2.75) is 0 Å². The zero-order valence-electron chi connectivity index (χ0n) is 12.6. The van der Waals surface area contributed by atoms with Crippen LogP contribution in [0.1, 0.15) is 5.56 Å². The summed E-state index contributed by atoms with van der Waals surface area (Å²) in [5.74, 6) is -1.16. The third kappa shape index (κ3) is 4.83. The molecule has 130 valence electrons. The fraction of sp³-hybridized carbons (Fsp3) is 0.0769. The number of amidine groups is 1. The highest BCUT2D eigenvalue weighted by Crippen LogP contribution is 2.23. The molecule has 1 aromatic rings. The van der Waals surface area contributed by atoms with Crippen LogP contribution in [0.4, 0.5) is 0 Å². The van der Waals surface area contributed by atoms with Crippen LogP contribution < -0.4 is 10.8 Å². The quantitative estimate of drug-likeness (QED) is 0.219. The Kier molecular flexibility index (Phi) is 6.62. The number of hydrogen-bond donors (Lipinski definition) is 3. The molecule has 0 aliphatic carbocycles. The SMILES string of the molecule is COC(=O)/C=C1/S/C(=N\N=Cc2ccc(Cl)c(B(O)O)c2Cl)NC1=O. The van der Waals surface area contributed by atoms with Crippen molar-refractivity contribution < 1.29 is 24.4 Å². The van der Waals surface area contributed by atoms with E-state index >= 15 is 0 Å². The molecule has 1 aromatic carbocycles. The molecule has 0 radical (unpaired) electrons. The summed E-state index contributed by atoms with van der Waals surface area (Å²) in [4.78, 5) is 22.9. The highest BCUT2D eigenvalue weighted by molar-refractivity contribution is 8.18. The van der Waals surface area contributed by atoms with E-state index in [1.807, 2.05) is 0 Å². The van der Waals surface area contributed by atoms with Gasteiger partial charge in [-0.15, -0.1) is 5.10 Å². The summed E-state index contributed by atoms with van der Waals surface area (Å²) in [6, 6.07) is 2.95. The largest absolute Gasteiger partial charge is 0.491 e. The first-order valence-corrected chi connectivity index (χ1v) is 8.14. The average molecular weight is 402 g/mol. The third-order valence-electron chi connectivity index (χ3n) is 2.86. The molecule has 0 unspecified atom stereocenters. The van der Waals surface area contributed by atoms with E-state index in [9.17, 15) is 19.6 Å². The molecular formula is C13H10BCl2N3O5S. The molecule has 1 aliphatic rings. The van der Waals surface area contributed by atoms with Gasteiger partial charge in [0.1, 0.15) is 0 Å². The lowest BCUT2D eigenvalue weighted by molar-refractivity contribution is -0.135. The molecule has 1 aliphatic heterocycles. The van der Waals surface area contributed by atoms with Gasteiger partial charge in [-0.05, 0) is 17.8 Å². The van der Waals surface area contributed by atoms with Crippen molar-refractivity contribution in [3.63, 3.8) is 0 Å². The van der Waals surface area contributed by atoms with Gasteiger partial charge in [0.15, 0.2) is 5.17 Å². The Balaban J connectivity index is 2.18. The van der Waals surface area contributed by atoms with Gasteiger partial charge in [-0.25, -0.2) is 4.79 Å². The minimum atomic E-state index is -1.84. The van der Waals surface area contributed by atoms with Crippen LogP contribution in [-0.4, -0.2) is 47.5 Å². The van der Waals surface area contributed by atoms with Gasteiger partial charge in [0, 0.05) is 22.1 Å². The molecule has 0 spiro atoms. The van der Waals surface area contributed by atoms with Gasteiger partial charge in [-0.3, -0.25) is 10.1 Å². The number of amides is 1. The maximum absolute atomic E-state index is 11.6. The molecule has 0 aromatic heterocycles. The van der Waals surface area contributed by atoms with E-state index in [1.54, 1.807) is 0 Å². The van der Waals surface area contributed by atoms with Crippen molar-refractivity contribution in [1.82, 2.24) is 5.32 Å². The van der Waals surface area contributed by atoms with Crippen molar-refractivity contribution >= 4 is 70.8 Å². The van der Waals surface area contributed by atoms with E-state index in [-0.39, 0.29) is 25.6 Å². The third-order valence-corrected chi connectivity index (χ3v) is 4.51. The first-order chi connectivity index (χ1) is 11.8. The molecular weight excluding hydrogens is 392 g/mol. The van der Waals surface area contributed by atoms with E-state index in [0.717, 1.165) is 17.8 Å². The highest BCUT2D eigenvalue weighted by atomic mass is 35.5. The van der Waals surface area contributed by atoms with Crippen LogP contribution in [0.2, 0.25) is 10.0 Å². The molecule has 12 heteroatoms. The lowest BCUT2D eigenvalue weighted by Gasteiger charge is -2.07. The van der Waals surface area contributed by atoms with Crippen molar-refractivity contribution in [3.05, 3.63) is 38.7 Å². The first-order valence-electron chi connectivity index (χ1n) is 6.57. The minimum Gasteiger partial charge on any atom is -0.466 e. The van der Waals surface area contributed by atoms with Gasteiger partial charge in [0.2, 0.25) is 0 Å². The number of halogens is 2. The van der Waals surface area contributed by atoms with Gasteiger partial charge >= 0.3 is 13.1 Å². The number of hydrogen-bond acceptors (Lipinski definition) is 8. The zero-order valence-corrected chi connectivity index (χ0v) is 14.9. The number of thioether (sulfide) groups is 1. The number of nitrogens with zero attached hydrogens (tertiary/aromatic N) is 2. The molecule has 1 saturated heterocycles. The Bertz CT molecular complexity index is 813. The molecule has 1 fully saturated rings. The summed E-state index contributed by atoms with van der Waals surface area (Å²) in [6.45, 7) is 0. The average Bonchev–Trinajstić information content (AvgIpc) is 2.89. The lowest BCUT2D eigenvalue weighted by Crippen LogP contribution is -2.32. The van der Waals surface area contributed by atoms with Crippen LogP contribution in [0.5, 0.6) is 0 Å². The Hall–Kier alpha value is -1.85. The number of carbonyl (C=O) groups excluding carboxylic acids is 2. The summed E-state index contributed by atoms with van der Waals surface area (Å²) >= 11 is 12.8. The van der Waals surface area contributed by atoms with Crippen LogP contribution in [0.25, 0.3) is 0 Å². The van der Waals surface area contributed by atoms with Crippen LogP contribution in [0.15, 0.2) is 33.3 Å². The zero-order chi connectivity index (χ0) is 18.6. The van der Waals surface area contributed by atoms with Gasteiger partial charge in [0.25, 0.3) is 5.91 Å². The molecule has 0 atom stereocenters. The monoisotopic (exact) mass is 401 g/mol. The first kappa shape index (κ1) is 19.5. The van der Waals surface area contributed by atoms with Crippen LogP contribution in [0, 0.1) is 0 Å². The van der Waals surface area contributed by atoms with E-state index in [0.29, 0.717) is 5.56 Å². The van der Waals surface area contributed by atoms with Gasteiger partial charge in [-0.2, -0.15) is 5.10 Å². The van der Waals surface area contributed by atoms with Crippen molar-refractivity contribution in [3.8, 4) is 0 Å². The van der Waals surface area contributed by atoms with Crippen LogP contribution >= 0.6 is 35.0 Å². The number of rotatable bonds is 4. The highest BCUT2D eigenvalue weighted by Gasteiger charge is 2.25. The fourth-order valence-corrected chi connectivity index (χ4v) is 3.06. The van der Waals surface area contributed by atoms with E-state index in [4.69, 9.17) is 23.2 Å². The molecule has 3 N–H and O–H groups in total. The second kappa shape index (κ2) is 8.50. The maximum atomic E-state index is 11.6. The van der Waals surface area contributed by atoms with Crippen LogP contribution in [0.3, 0.4) is 0 Å². The predicted octanol–water partition coefficient (Wildman–Crippen LogP) is 0.283. The Morgan fingerprint density at radius 1 is 1.40 bits per heavy atom. The lowest BCUT2D eigenvalue weighted by atomic mass is 9.79. The van der Waals surface area contributed by atoms with E-state index in [1.165, 1.54) is 25.5 Å². The smallest absolute Gasteiger partial charge is 0.466 e. The van der Waals surface area contributed by atoms with Crippen molar-refractivity contribution in [2.75, 3.05) is 7.11 Å². The maximum Gasteiger partial charge on any atom is 0.491 e. The topological polar surface area (TPSA) is 121 Å². The Labute approximate surface area is 156 Å². The minimum absolute atomic E-state index is 0.0147. The second-order valence-corrected chi connectivity index (χ2v) is 6.29. The molecule has 8 nitrogen and oxygen atoms in total. The van der Waals surface area contributed by atoms with Crippen LogP contribution in [-0.2, 0) is 14.3 Å². The predicted molar refractivity (Wildman–Crippen MR) is 97.1 cm³/mol. The Morgan fingerprint density at radius 3 is 2.76 bits per heavy atom.